The van der Waals surface area contributed by atoms with Crippen LogP contribution in [0.25, 0.3) is 0 Å². The summed E-state index contributed by atoms with van der Waals surface area (Å²) in [6.07, 6.45) is 14.2. The van der Waals surface area contributed by atoms with Gasteiger partial charge in [-0.25, -0.2) is 0 Å². The number of allylic oxidation sites excluding steroid dienone is 2. The molecule has 0 aromatic heterocycles. The second-order valence-corrected chi connectivity index (χ2v) is 5.65. The van der Waals surface area contributed by atoms with Crippen LogP contribution in [-0.2, 0) is 0 Å². The highest BCUT2D eigenvalue weighted by molar-refractivity contribution is 5.11. The lowest BCUT2D eigenvalue weighted by Gasteiger charge is -2.48. The molecule has 0 heterocycles. The van der Waals surface area contributed by atoms with Crippen molar-refractivity contribution < 1.29 is 0 Å². The van der Waals surface area contributed by atoms with Crippen LogP contribution in [0, 0.1) is 5.41 Å². The van der Waals surface area contributed by atoms with E-state index in [0.717, 1.165) is 51.5 Å². The van der Waals surface area contributed by atoms with Crippen LogP contribution < -0.4 is 11.5 Å². The molecule has 0 saturated heterocycles. The minimum Gasteiger partial charge on any atom is -0.330 e. The van der Waals surface area contributed by atoms with E-state index in [-0.39, 0.29) is 11.0 Å². The van der Waals surface area contributed by atoms with Gasteiger partial charge in [0.2, 0.25) is 0 Å². The Morgan fingerprint density at radius 1 is 0.750 bits per heavy atom. The topological polar surface area (TPSA) is 52.0 Å². The summed E-state index contributed by atoms with van der Waals surface area (Å²) in [5.41, 5.74) is 12.0. The lowest BCUT2D eigenvalue weighted by molar-refractivity contribution is 0.109. The van der Waals surface area contributed by atoms with E-state index in [9.17, 15) is 0 Å². The van der Waals surface area contributed by atoms with Gasteiger partial charge in [-0.15, -0.1) is 26.3 Å². The first-order valence-corrected chi connectivity index (χ1v) is 7.48. The van der Waals surface area contributed by atoms with Crippen molar-refractivity contribution in [3.05, 3.63) is 50.6 Å². The van der Waals surface area contributed by atoms with Crippen molar-refractivity contribution in [2.24, 2.45) is 16.9 Å². The van der Waals surface area contributed by atoms with E-state index in [2.05, 4.69) is 26.3 Å². The monoisotopic (exact) mass is 276 g/mol. The molecule has 0 atom stereocenters. The van der Waals surface area contributed by atoms with Gasteiger partial charge in [-0.1, -0.05) is 30.7 Å². The summed E-state index contributed by atoms with van der Waals surface area (Å²) < 4.78 is 0. The molecule has 0 aromatic carbocycles. The molecule has 0 spiro atoms. The quantitative estimate of drug-likeness (QED) is 0.393. The van der Waals surface area contributed by atoms with Crippen LogP contribution in [0.4, 0.5) is 0 Å². The molecule has 114 valence electrons. The molecular formula is C18H32N2. The Balaban J connectivity index is 5.46. The average Bonchev–Trinajstić information content (AvgIpc) is 2.40. The maximum absolute atomic E-state index is 6.78. The Hall–Kier alpha value is -1.12. The Morgan fingerprint density at radius 2 is 1.20 bits per heavy atom. The third-order valence-electron chi connectivity index (χ3n) is 4.25. The predicted octanol–water partition coefficient (Wildman–Crippen LogP) is 4.10. The fourth-order valence-electron chi connectivity index (χ4n) is 3.13. The Kier molecular flexibility index (Phi) is 9.19. The zero-order valence-corrected chi connectivity index (χ0v) is 12.9. The van der Waals surface area contributed by atoms with E-state index in [4.69, 9.17) is 11.5 Å². The summed E-state index contributed by atoms with van der Waals surface area (Å²) in [5.74, 6) is 0. The van der Waals surface area contributed by atoms with E-state index in [1.54, 1.807) is 0 Å². The SMILES string of the molecule is C=CCC(N)(CC=C)C(CC=C)(CC=C)CCCCN. The van der Waals surface area contributed by atoms with Gasteiger partial charge in [0.15, 0.2) is 0 Å². The molecule has 2 heteroatoms. The van der Waals surface area contributed by atoms with Crippen LogP contribution in [0.1, 0.15) is 44.9 Å². The number of unbranched alkanes of at least 4 members (excludes halogenated alkanes) is 1. The second kappa shape index (κ2) is 9.73. The van der Waals surface area contributed by atoms with E-state index in [0.29, 0.717) is 0 Å². The smallest absolute Gasteiger partial charge is 0.0286 e. The normalized spacial score (nSPS) is 11.9. The maximum atomic E-state index is 6.78. The molecule has 0 unspecified atom stereocenters. The van der Waals surface area contributed by atoms with Crippen molar-refractivity contribution in [2.75, 3.05) is 6.54 Å². The predicted molar refractivity (Wildman–Crippen MR) is 91.5 cm³/mol. The van der Waals surface area contributed by atoms with Crippen molar-refractivity contribution >= 4 is 0 Å². The molecule has 0 radical (unpaired) electrons. The highest BCUT2D eigenvalue weighted by Gasteiger charge is 2.44. The van der Waals surface area contributed by atoms with E-state index in [1.165, 1.54) is 0 Å². The van der Waals surface area contributed by atoms with Crippen LogP contribution in [0.5, 0.6) is 0 Å². The molecular weight excluding hydrogens is 244 g/mol. The molecule has 0 aliphatic heterocycles. The third-order valence-corrected chi connectivity index (χ3v) is 4.25. The van der Waals surface area contributed by atoms with Crippen LogP contribution in [0.15, 0.2) is 50.6 Å². The molecule has 0 rings (SSSR count). The molecule has 0 fully saturated rings. The minimum atomic E-state index is -0.354. The van der Waals surface area contributed by atoms with Crippen LogP contribution >= 0.6 is 0 Å². The van der Waals surface area contributed by atoms with Crippen molar-refractivity contribution in [2.45, 2.75) is 50.5 Å². The standard InChI is InChI=1S/C18H32N2/c1-5-11-17(12-6-2,15-9-10-16-19)18(20,13-7-3)14-8-4/h5-8H,1-4,9-16,19-20H2. The van der Waals surface area contributed by atoms with Crippen molar-refractivity contribution in [3.8, 4) is 0 Å². The Morgan fingerprint density at radius 3 is 1.55 bits per heavy atom. The molecule has 2 nitrogen and oxygen atoms in total. The van der Waals surface area contributed by atoms with Gasteiger partial charge in [-0.3, -0.25) is 0 Å². The van der Waals surface area contributed by atoms with Gasteiger partial charge < -0.3 is 11.5 Å². The van der Waals surface area contributed by atoms with Crippen LogP contribution in [0.3, 0.4) is 0 Å². The van der Waals surface area contributed by atoms with Gasteiger partial charge in [-0.05, 0) is 50.5 Å². The summed E-state index contributed by atoms with van der Waals surface area (Å²) in [6.45, 7) is 16.3. The lowest BCUT2D eigenvalue weighted by atomic mass is 9.60. The molecule has 0 aliphatic carbocycles. The van der Waals surface area contributed by atoms with Crippen molar-refractivity contribution in [1.29, 1.82) is 0 Å². The largest absolute Gasteiger partial charge is 0.330 e. The summed E-state index contributed by atoms with van der Waals surface area (Å²) in [7, 11) is 0. The summed E-state index contributed by atoms with van der Waals surface area (Å²) >= 11 is 0. The zero-order chi connectivity index (χ0) is 15.5. The van der Waals surface area contributed by atoms with E-state index < -0.39 is 0 Å². The van der Waals surface area contributed by atoms with Gasteiger partial charge in [0, 0.05) is 5.54 Å². The zero-order valence-electron chi connectivity index (χ0n) is 12.9. The molecule has 0 amide bonds. The Labute approximate surface area is 125 Å². The minimum absolute atomic E-state index is 0.0476. The van der Waals surface area contributed by atoms with Crippen molar-refractivity contribution in [3.63, 3.8) is 0 Å². The first kappa shape index (κ1) is 18.9. The summed E-state index contributed by atoms with van der Waals surface area (Å²) in [5, 5.41) is 0. The van der Waals surface area contributed by atoms with Crippen LogP contribution in [-0.4, -0.2) is 12.1 Å². The van der Waals surface area contributed by atoms with Crippen molar-refractivity contribution in [1.82, 2.24) is 0 Å². The fourth-order valence-corrected chi connectivity index (χ4v) is 3.13. The average molecular weight is 276 g/mol. The summed E-state index contributed by atoms with van der Waals surface area (Å²) in [6, 6.07) is 0. The van der Waals surface area contributed by atoms with Gasteiger partial charge in [0.25, 0.3) is 0 Å². The first-order chi connectivity index (χ1) is 9.55. The summed E-state index contributed by atoms with van der Waals surface area (Å²) in [4.78, 5) is 0. The van der Waals surface area contributed by atoms with Gasteiger partial charge in [0.1, 0.15) is 0 Å². The highest BCUT2D eigenvalue weighted by atomic mass is 14.8. The molecule has 20 heavy (non-hydrogen) atoms. The second-order valence-electron chi connectivity index (χ2n) is 5.65. The highest BCUT2D eigenvalue weighted by Crippen LogP contribution is 2.46. The van der Waals surface area contributed by atoms with Gasteiger partial charge in [-0.2, -0.15) is 0 Å². The lowest BCUT2D eigenvalue weighted by Crippen LogP contribution is -2.55. The number of hydrogen-bond donors (Lipinski definition) is 2. The van der Waals surface area contributed by atoms with Gasteiger partial charge >= 0.3 is 0 Å². The molecule has 4 N–H and O–H groups in total. The molecule has 0 aliphatic rings. The number of hydrogen-bond acceptors (Lipinski definition) is 2. The fraction of sp³-hybridized carbons (Fsp3) is 0.556. The van der Waals surface area contributed by atoms with Crippen LogP contribution in [0.2, 0.25) is 0 Å². The molecule has 0 bridgehead atoms. The van der Waals surface area contributed by atoms with Gasteiger partial charge in [0.05, 0.1) is 0 Å². The van der Waals surface area contributed by atoms with E-state index >= 15 is 0 Å². The number of rotatable bonds is 13. The molecule has 0 aromatic rings. The maximum Gasteiger partial charge on any atom is 0.0286 e. The molecule has 0 saturated carbocycles. The number of nitrogens with two attached hydrogens (primary N) is 2. The Bertz CT molecular complexity index is 297. The third kappa shape index (κ3) is 4.77. The van der Waals surface area contributed by atoms with E-state index in [1.807, 2.05) is 24.3 Å². The first-order valence-electron chi connectivity index (χ1n) is 7.48.